The predicted molar refractivity (Wildman–Crippen MR) is 139 cm³/mol. The quantitative estimate of drug-likeness (QED) is 0.266. The molecule has 0 unspecified atom stereocenters. The Labute approximate surface area is 233 Å². The molecule has 1 aliphatic rings. The fourth-order valence-electron chi connectivity index (χ4n) is 4.63. The number of ketones is 1. The summed E-state index contributed by atoms with van der Waals surface area (Å²) in [6, 6.07) is 18.5. The third-order valence-corrected chi connectivity index (χ3v) is 6.73. The summed E-state index contributed by atoms with van der Waals surface area (Å²) < 4.78 is 91.7. The van der Waals surface area contributed by atoms with Crippen LogP contribution in [0.1, 0.15) is 54.7 Å². The minimum Gasteiger partial charge on any atom is -0.445 e. The van der Waals surface area contributed by atoms with E-state index in [1.807, 2.05) is 0 Å². The lowest BCUT2D eigenvalue weighted by Gasteiger charge is -2.38. The topological polar surface area (TPSA) is 55.8 Å². The zero-order valence-electron chi connectivity index (χ0n) is 21.3. The molecule has 11 heteroatoms. The average Bonchev–Trinajstić information content (AvgIpc) is 3.27. The van der Waals surface area contributed by atoms with E-state index >= 15 is 0 Å². The van der Waals surface area contributed by atoms with Gasteiger partial charge in [0.2, 0.25) is 0 Å². The van der Waals surface area contributed by atoms with Crippen molar-refractivity contribution in [2.24, 2.45) is 0 Å². The van der Waals surface area contributed by atoms with Gasteiger partial charge in [-0.15, -0.1) is 0 Å². The summed E-state index contributed by atoms with van der Waals surface area (Å²) in [6.07, 6.45) is -12.3. The van der Waals surface area contributed by atoms with Crippen molar-refractivity contribution in [3.05, 3.63) is 107 Å². The highest BCUT2D eigenvalue weighted by atomic mass is 19.4. The number of likely N-dealkylation sites (tertiary alicyclic amines) is 1. The van der Waals surface area contributed by atoms with E-state index in [1.54, 1.807) is 60.7 Å². The van der Waals surface area contributed by atoms with Crippen molar-refractivity contribution < 1.29 is 45.4 Å². The van der Waals surface area contributed by atoms with Crippen LogP contribution < -0.4 is 0 Å². The van der Waals surface area contributed by atoms with Crippen LogP contribution >= 0.6 is 0 Å². The molecular formula is C30H29F6NO4. The summed E-state index contributed by atoms with van der Waals surface area (Å²) in [5.74, 6) is -0.310. The van der Waals surface area contributed by atoms with Crippen LogP contribution in [0.2, 0.25) is 0 Å². The van der Waals surface area contributed by atoms with Gasteiger partial charge in [-0.2, -0.15) is 26.3 Å². The Morgan fingerprint density at radius 2 is 1.44 bits per heavy atom. The summed E-state index contributed by atoms with van der Waals surface area (Å²) in [4.78, 5) is 27.1. The second kappa shape index (κ2) is 12.3. The molecule has 3 aromatic carbocycles. The number of rotatable bonds is 7. The highest BCUT2D eigenvalue weighted by Crippen LogP contribution is 2.41. The molecule has 4 rings (SSSR count). The van der Waals surface area contributed by atoms with E-state index < -0.39 is 41.2 Å². The number of ether oxygens (including phenoxy) is 2. The van der Waals surface area contributed by atoms with Crippen molar-refractivity contribution in [1.29, 1.82) is 0 Å². The molecule has 0 spiro atoms. The number of benzene rings is 3. The van der Waals surface area contributed by atoms with Crippen molar-refractivity contribution in [3.8, 4) is 0 Å². The number of carbonyl (C=O) groups excluding carboxylic acids is 2. The van der Waals surface area contributed by atoms with Gasteiger partial charge in [0.1, 0.15) is 12.1 Å². The first-order chi connectivity index (χ1) is 18.8. The highest BCUT2D eigenvalue weighted by Gasteiger charge is 2.50. The number of carbonyl (C=O) groups is 2. The van der Waals surface area contributed by atoms with Crippen LogP contribution in [-0.2, 0) is 38.8 Å². The van der Waals surface area contributed by atoms with E-state index in [9.17, 15) is 35.9 Å². The maximum atomic E-state index is 13.4. The van der Waals surface area contributed by atoms with Crippen LogP contribution in [0.25, 0.3) is 0 Å². The highest BCUT2D eigenvalue weighted by molar-refractivity contribution is 5.89. The van der Waals surface area contributed by atoms with Gasteiger partial charge in [0.05, 0.1) is 30.4 Å². The number of alkyl halides is 6. The maximum absolute atomic E-state index is 13.4. The monoisotopic (exact) mass is 581 g/mol. The molecule has 5 nitrogen and oxygen atoms in total. The van der Waals surface area contributed by atoms with Crippen LogP contribution in [-0.4, -0.2) is 29.9 Å². The van der Waals surface area contributed by atoms with Gasteiger partial charge < -0.3 is 9.47 Å². The first-order valence-electron chi connectivity index (χ1n) is 12.3. The number of hydrogen-bond donors (Lipinski definition) is 0. The predicted octanol–water partition coefficient (Wildman–Crippen LogP) is 7.95. The standard InChI is InChI=1S/C29H25F6NO4.CH4/c1-19(21-12-23(28(30,31)32)14-24(13-21)29(33,34)35)40-18-27(22-10-6-3-7-11-22)15-25(37)16-36(27)26(38)39-17-20-8-4-2-5-9-20;/h2-14,19H,15-18H2,1H3;1H4/t19-,27-;/m1./s1. The average molecular weight is 582 g/mol. The fraction of sp³-hybridized carbons (Fsp3) is 0.333. The second-order valence-corrected chi connectivity index (χ2v) is 9.53. The molecule has 0 aliphatic carbocycles. The van der Waals surface area contributed by atoms with Gasteiger partial charge in [-0.1, -0.05) is 68.1 Å². The zero-order chi connectivity index (χ0) is 29.1. The molecule has 1 fully saturated rings. The van der Waals surface area contributed by atoms with Gasteiger partial charge in [0.25, 0.3) is 0 Å². The van der Waals surface area contributed by atoms with E-state index in [0.717, 1.165) is 0 Å². The van der Waals surface area contributed by atoms with Crippen LogP contribution in [0.3, 0.4) is 0 Å². The molecule has 1 amide bonds. The molecule has 1 heterocycles. The number of Topliss-reactive ketones (excluding diaryl/α,β-unsaturated/α-hetero) is 1. The van der Waals surface area contributed by atoms with Gasteiger partial charge in [-0.3, -0.25) is 9.69 Å². The molecule has 2 atom stereocenters. The number of nitrogens with zero attached hydrogens (tertiary/aromatic N) is 1. The third kappa shape index (κ3) is 7.27. The van der Waals surface area contributed by atoms with Crippen LogP contribution in [0.15, 0.2) is 78.9 Å². The van der Waals surface area contributed by atoms with E-state index in [2.05, 4.69) is 0 Å². The molecule has 1 saturated heterocycles. The molecule has 0 aromatic heterocycles. The molecule has 0 saturated carbocycles. The van der Waals surface area contributed by atoms with Crippen LogP contribution in [0.5, 0.6) is 0 Å². The van der Waals surface area contributed by atoms with Gasteiger partial charge >= 0.3 is 18.4 Å². The molecule has 220 valence electrons. The molecule has 3 aromatic rings. The largest absolute Gasteiger partial charge is 0.445 e. The summed E-state index contributed by atoms with van der Waals surface area (Å²) in [7, 11) is 0. The Kier molecular flexibility index (Phi) is 9.53. The van der Waals surface area contributed by atoms with E-state index in [0.29, 0.717) is 23.3 Å². The van der Waals surface area contributed by atoms with E-state index in [-0.39, 0.29) is 51.0 Å². The van der Waals surface area contributed by atoms with Gasteiger partial charge in [-0.05, 0) is 41.8 Å². The first kappa shape index (κ1) is 31.7. The Hall–Kier alpha value is -3.86. The molecular weight excluding hydrogens is 552 g/mol. The van der Waals surface area contributed by atoms with Crippen molar-refractivity contribution in [3.63, 3.8) is 0 Å². The van der Waals surface area contributed by atoms with Gasteiger partial charge in [0.15, 0.2) is 5.78 Å². The van der Waals surface area contributed by atoms with E-state index in [4.69, 9.17) is 9.47 Å². The lowest BCUT2D eigenvalue weighted by atomic mass is 9.87. The number of halogens is 6. The van der Waals surface area contributed by atoms with Gasteiger partial charge in [0, 0.05) is 6.42 Å². The van der Waals surface area contributed by atoms with E-state index in [1.165, 1.54) is 11.8 Å². The Bertz CT molecular complexity index is 1310. The van der Waals surface area contributed by atoms with Crippen LogP contribution in [0, 0.1) is 0 Å². The second-order valence-electron chi connectivity index (χ2n) is 9.53. The molecule has 0 radical (unpaired) electrons. The lowest BCUT2D eigenvalue weighted by molar-refractivity contribution is -0.143. The van der Waals surface area contributed by atoms with Crippen LogP contribution in [0.4, 0.5) is 31.1 Å². The van der Waals surface area contributed by atoms with Crippen molar-refractivity contribution in [2.75, 3.05) is 13.2 Å². The maximum Gasteiger partial charge on any atom is 0.416 e. The molecule has 0 N–H and O–H groups in total. The Balaban J connectivity index is 0.00000462. The molecule has 0 bridgehead atoms. The Morgan fingerprint density at radius 1 is 0.902 bits per heavy atom. The third-order valence-electron chi connectivity index (χ3n) is 6.73. The summed E-state index contributed by atoms with van der Waals surface area (Å²) in [5, 5.41) is 0. The van der Waals surface area contributed by atoms with Crippen molar-refractivity contribution in [1.82, 2.24) is 4.90 Å². The van der Waals surface area contributed by atoms with Crippen molar-refractivity contribution in [2.45, 2.75) is 51.4 Å². The lowest BCUT2D eigenvalue weighted by Crippen LogP contribution is -2.48. The molecule has 1 aliphatic heterocycles. The normalized spacial score (nSPS) is 18.1. The zero-order valence-corrected chi connectivity index (χ0v) is 21.3. The minimum absolute atomic E-state index is 0. The summed E-state index contributed by atoms with van der Waals surface area (Å²) >= 11 is 0. The first-order valence-corrected chi connectivity index (χ1v) is 12.3. The van der Waals surface area contributed by atoms with Gasteiger partial charge in [-0.25, -0.2) is 4.79 Å². The summed E-state index contributed by atoms with van der Waals surface area (Å²) in [5.41, 5.74) is -3.46. The minimum atomic E-state index is -5.02. The fourth-order valence-corrected chi connectivity index (χ4v) is 4.63. The number of amides is 1. The summed E-state index contributed by atoms with van der Waals surface area (Å²) in [6.45, 7) is 0.546. The smallest absolute Gasteiger partial charge is 0.416 e. The van der Waals surface area contributed by atoms with Crippen molar-refractivity contribution >= 4 is 11.9 Å². The molecule has 41 heavy (non-hydrogen) atoms. The number of hydrogen-bond acceptors (Lipinski definition) is 4. The SMILES string of the molecule is C.C[C@@H](OC[C@@]1(c2ccccc2)CC(=O)CN1C(=O)OCc1ccccc1)c1cc(C(F)(F)F)cc(C(F)(F)F)c1. The Morgan fingerprint density at radius 3 is 1.98 bits per heavy atom.